The molecule has 4 aromatic rings. The van der Waals surface area contributed by atoms with Crippen molar-refractivity contribution in [2.75, 3.05) is 32.7 Å². The first kappa shape index (κ1) is 24.1. The van der Waals surface area contributed by atoms with Crippen molar-refractivity contribution in [3.8, 4) is 0 Å². The second-order valence-corrected chi connectivity index (χ2v) is 10.7. The monoisotopic (exact) mass is 498 g/mol. The van der Waals surface area contributed by atoms with Crippen molar-refractivity contribution < 1.29 is 4.39 Å². The van der Waals surface area contributed by atoms with Crippen molar-refractivity contribution in [3.63, 3.8) is 0 Å². The molecule has 6 nitrogen and oxygen atoms in total. The fourth-order valence-corrected chi connectivity index (χ4v) is 5.81. The highest BCUT2D eigenvalue weighted by Crippen LogP contribution is 2.31. The van der Waals surface area contributed by atoms with E-state index in [1.807, 2.05) is 10.7 Å². The Labute approximate surface area is 217 Å². The average molecular weight is 499 g/mol. The summed E-state index contributed by atoms with van der Waals surface area (Å²) in [5.74, 6) is -0.223. The SMILES string of the molecule is CC(C)n1nc(C2=CCCN(CC(C)n3nc(C4=CCCNC4)c4ccc(F)cc43)C2)c2ccccc21. The summed E-state index contributed by atoms with van der Waals surface area (Å²) in [7, 11) is 0. The summed E-state index contributed by atoms with van der Waals surface area (Å²) in [5.41, 5.74) is 6.59. The molecule has 7 heteroatoms. The van der Waals surface area contributed by atoms with Gasteiger partial charge in [-0.15, -0.1) is 0 Å². The molecule has 0 saturated carbocycles. The molecule has 2 aliphatic heterocycles. The van der Waals surface area contributed by atoms with Crippen LogP contribution >= 0.6 is 0 Å². The number of nitrogens with one attached hydrogen (secondary N) is 1. The largest absolute Gasteiger partial charge is 0.312 e. The normalized spacial score (nSPS) is 18.0. The maximum atomic E-state index is 14.3. The van der Waals surface area contributed by atoms with Crippen LogP contribution in [0.3, 0.4) is 0 Å². The second kappa shape index (κ2) is 9.88. The standard InChI is InChI=1S/C30H35FN6/c1-20(2)36-27-11-5-4-10-25(27)30(33-36)23-9-7-15-35(19-23)18-21(3)37-28-16-24(31)12-13-26(28)29(34-37)22-8-6-14-32-17-22/h4-5,8-13,16,20-21,32H,6-7,14-15,17-19H2,1-3H3. The van der Waals surface area contributed by atoms with Gasteiger partial charge in [-0.1, -0.05) is 30.4 Å². The molecule has 0 fully saturated rings. The number of hydrogen-bond acceptors (Lipinski definition) is 4. The van der Waals surface area contributed by atoms with Crippen LogP contribution in [0.1, 0.15) is 57.1 Å². The van der Waals surface area contributed by atoms with E-state index in [9.17, 15) is 4.39 Å². The van der Waals surface area contributed by atoms with Crippen molar-refractivity contribution in [2.45, 2.75) is 45.7 Å². The Morgan fingerprint density at radius 3 is 2.46 bits per heavy atom. The van der Waals surface area contributed by atoms with Crippen LogP contribution in [-0.4, -0.2) is 57.2 Å². The number of halogens is 1. The molecule has 1 atom stereocenters. The van der Waals surface area contributed by atoms with Crippen LogP contribution < -0.4 is 5.32 Å². The van der Waals surface area contributed by atoms with Crippen molar-refractivity contribution in [3.05, 3.63) is 71.8 Å². The lowest BCUT2D eigenvalue weighted by Crippen LogP contribution is -2.34. The van der Waals surface area contributed by atoms with Gasteiger partial charge in [0, 0.05) is 43.0 Å². The van der Waals surface area contributed by atoms with Crippen LogP contribution in [0.15, 0.2) is 54.6 Å². The van der Waals surface area contributed by atoms with Crippen molar-refractivity contribution in [1.82, 2.24) is 29.8 Å². The molecule has 37 heavy (non-hydrogen) atoms. The van der Waals surface area contributed by atoms with Gasteiger partial charge in [0.15, 0.2) is 0 Å². The van der Waals surface area contributed by atoms with Gasteiger partial charge in [0.1, 0.15) is 5.82 Å². The number of para-hydroxylation sites is 1. The van der Waals surface area contributed by atoms with Gasteiger partial charge in [0.05, 0.1) is 28.5 Å². The van der Waals surface area contributed by atoms with Crippen molar-refractivity contribution >= 4 is 33.0 Å². The fraction of sp³-hybridized carbons (Fsp3) is 0.400. The third-order valence-electron chi connectivity index (χ3n) is 7.58. The number of hydrogen-bond donors (Lipinski definition) is 1. The maximum Gasteiger partial charge on any atom is 0.125 e. The first-order valence-electron chi connectivity index (χ1n) is 13.5. The van der Waals surface area contributed by atoms with Gasteiger partial charge >= 0.3 is 0 Å². The minimum absolute atomic E-state index is 0.0968. The highest BCUT2D eigenvalue weighted by atomic mass is 19.1. The van der Waals surface area contributed by atoms with E-state index in [0.717, 1.165) is 67.9 Å². The molecule has 0 amide bonds. The fourth-order valence-electron chi connectivity index (χ4n) is 5.81. The molecule has 1 unspecified atom stereocenters. The predicted molar refractivity (Wildman–Crippen MR) is 149 cm³/mol. The zero-order valence-electron chi connectivity index (χ0n) is 21.9. The molecular formula is C30H35FN6. The number of nitrogens with zero attached hydrogens (tertiary/aromatic N) is 5. The van der Waals surface area contributed by atoms with Gasteiger partial charge in [-0.25, -0.2) is 4.39 Å². The molecule has 192 valence electrons. The maximum absolute atomic E-state index is 14.3. The summed E-state index contributed by atoms with van der Waals surface area (Å²) in [6.07, 6.45) is 6.59. The third kappa shape index (κ3) is 4.51. The lowest BCUT2D eigenvalue weighted by atomic mass is 10.0. The van der Waals surface area contributed by atoms with E-state index >= 15 is 0 Å². The number of rotatable bonds is 6. The van der Waals surface area contributed by atoms with Gasteiger partial charge in [-0.05, 0) is 75.6 Å². The van der Waals surface area contributed by atoms with Crippen LogP contribution in [-0.2, 0) is 0 Å². The smallest absolute Gasteiger partial charge is 0.125 e. The molecule has 0 radical (unpaired) electrons. The van der Waals surface area contributed by atoms with Crippen molar-refractivity contribution in [1.29, 1.82) is 0 Å². The van der Waals surface area contributed by atoms with E-state index in [1.54, 1.807) is 12.1 Å². The Hall–Kier alpha value is -3.29. The summed E-state index contributed by atoms with van der Waals surface area (Å²) in [6.45, 7) is 11.0. The van der Waals surface area contributed by atoms with Crippen LogP contribution in [0.4, 0.5) is 4.39 Å². The Balaban J connectivity index is 1.28. The predicted octanol–water partition coefficient (Wildman–Crippen LogP) is 5.83. The Morgan fingerprint density at radius 1 is 0.892 bits per heavy atom. The Bertz CT molecular complexity index is 1510. The molecule has 4 heterocycles. The van der Waals surface area contributed by atoms with Crippen LogP contribution in [0.2, 0.25) is 0 Å². The molecule has 1 N–H and O–H groups in total. The van der Waals surface area contributed by atoms with Crippen molar-refractivity contribution in [2.24, 2.45) is 0 Å². The van der Waals surface area contributed by atoms with Crippen LogP contribution in [0.5, 0.6) is 0 Å². The summed E-state index contributed by atoms with van der Waals surface area (Å²) in [6, 6.07) is 14.0. The zero-order chi connectivity index (χ0) is 25.5. The highest BCUT2D eigenvalue weighted by molar-refractivity contribution is 5.92. The highest BCUT2D eigenvalue weighted by Gasteiger charge is 2.24. The summed E-state index contributed by atoms with van der Waals surface area (Å²) in [5, 5.41) is 15.8. The summed E-state index contributed by atoms with van der Waals surface area (Å²) in [4.78, 5) is 2.48. The Kier molecular flexibility index (Phi) is 6.42. The third-order valence-corrected chi connectivity index (χ3v) is 7.58. The lowest BCUT2D eigenvalue weighted by Gasteiger charge is -2.29. The summed E-state index contributed by atoms with van der Waals surface area (Å²) >= 11 is 0. The van der Waals surface area contributed by atoms with Crippen LogP contribution in [0, 0.1) is 5.82 Å². The first-order valence-corrected chi connectivity index (χ1v) is 13.5. The first-order chi connectivity index (χ1) is 18.0. The van der Waals surface area contributed by atoms with Crippen LogP contribution in [0.25, 0.3) is 33.0 Å². The molecule has 2 aromatic heterocycles. The minimum Gasteiger partial charge on any atom is -0.312 e. The molecule has 0 aliphatic carbocycles. The van der Waals surface area contributed by atoms with Gasteiger partial charge in [-0.2, -0.15) is 10.2 Å². The zero-order valence-corrected chi connectivity index (χ0v) is 21.9. The minimum atomic E-state index is -0.223. The van der Waals surface area contributed by atoms with E-state index < -0.39 is 0 Å². The Morgan fingerprint density at radius 2 is 1.65 bits per heavy atom. The topological polar surface area (TPSA) is 50.9 Å². The van der Waals surface area contributed by atoms with Gasteiger partial charge in [0.2, 0.25) is 0 Å². The average Bonchev–Trinajstić information content (AvgIpc) is 3.48. The second-order valence-electron chi connectivity index (χ2n) is 10.7. The van der Waals surface area contributed by atoms with E-state index in [0.29, 0.717) is 6.04 Å². The molecule has 2 aliphatic rings. The quantitative estimate of drug-likeness (QED) is 0.363. The molecular weight excluding hydrogens is 463 g/mol. The van der Waals surface area contributed by atoms with E-state index in [2.05, 4.69) is 72.1 Å². The van der Waals surface area contributed by atoms with Gasteiger partial charge in [0.25, 0.3) is 0 Å². The molecule has 0 spiro atoms. The molecule has 6 rings (SSSR count). The van der Waals surface area contributed by atoms with Gasteiger partial charge in [-0.3, -0.25) is 14.3 Å². The molecule has 0 bridgehead atoms. The molecule has 2 aromatic carbocycles. The van der Waals surface area contributed by atoms with E-state index in [1.165, 1.54) is 22.0 Å². The van der Waals surface area contributed by atoms with Gasteiger partial charge < -0.3 is 5.32 Å². The van der Waals surface area contributed by atoms with E-state index in [-0.39, 0.29) is 11.9 Å². The number of fused-ring (bicyclic) bond motifs is 2. The summed E-state index contributed by atoms with van der Waals surface area (Å²) < 4.78 is 18.5. The van der Waals surface area contributed by atoms with E-state index in [4.69, 9.17) is 10.2 Å². The lowest BCUT2D eigenvalue weighted by molar-refractivity contribution is 0.256. The molecule has 0 saturated heterocycles. The number of benzene rings is 2. The number of aromatic nitrogens is 4.